The molecule has 0 aromatic heterocycles. The maximum Gasteiger partial charge on any atom is 0.286 e. The van der Waals surface area contributed by atoms with Crippen molar-refractivity contribution in [2.24, 2.45) is 9.36 Å². The lowest BCUT2D eigenvalue weighted by molar-refractivity contribution is 0.101. The van der Waals surface area contributed by atoms with Crippen molar-refractivity contribution in [2.45, 2.75) is 17.6 Å². The van der Waals surface area contributed by atoms with E-state index in [1.54, 1.807) is 48.8 Å². The molecule has 1 unspecified atom stereocenters. The highest BCUT2D eigenvalue weighted by atomic mass is 35.5. The topological polar surface area (TPSA) is 62.1 Å². The molecular formula is C18H18ClN3O2S. The second-order valence-electron chi connectivity index (χ2n) is 5.81. The van der Waals surface area contributed by atoms with Crippen LogP contribution in [-0.4, -0.2) is 34.9 Å². The van der Waals surface area contributed by atoms with E-state index in [0.717, 1.165) is 12.1 Å². The number of halogens is 1. The lowest BCUT2D eigenvalue weighted by Gasteiger charge is -2.09. The van der Waals surface area contributed by atoms with Crippen LogP contribution >= 0.6 is 11.6 Å². The van der Waals surface area contributed by atoms with E-state index in [1.807, 2.05) is 18.9 Å². The SMILES string of the molecule is CCN(C)/C=N\c1ccc2c(c1)C(=O)N=S2(=O)Cc1ccc(Cl)cc1. The molecule has 2 aromatic rings. The Labute approximate surface area is 152 Å². The highest BCUT2D eigenvalue weighted by Crippen LogP contribution is 2.32. The van der Waals surface area contributed by atoms with Gasteiger partial charge < -0.3 is 4.90 Å². The molecule has 1 atom stereocenters. The minimum Gasteiger partial charge on any atom is -0.366 e. The van der Waals surface area contributed by atoms with Crippen molar-refractivity contribution < 1.29 is 9.00 Å². The molecule has 1 aliphatic rings. The van der Waals surface area contributed by atoms with Crippen LogP contribution in [0, 0.1) is 0 Å². The van der Waals surface area contributed by atoms with Crippen molar-refractivity contribution in [3.63, 3.8) is 0 Å². The first-order valence-electron chi connectivity index (χ1n) is 7.83. The summed E-state index contributed by atoms with van der Waals surface area (Å²) in [6.45, 7) is 2.85. The molecule has 0 fully saturated rings. The second-order valence-corrected chi connectivity index (χ2v) is 8.43. The van der Waals surface area contributed by atoms with Crippen LogP contribution < -0.4 is 0 Å². The summed E-state index contributed by atoms with van der Waals surface area (Å²) in [4.78, 5) is 19.0. The molecule has 1 heterocycles. The Balaban J connectivity index is 1.93. The number of nitrogens with zero attached hydrogens (tertiary/aromatic N) is 3. The third-order valence-electron chi connectivity index (χ3n) is 3.95. The van der Waals surface area contributed by atoms with Gasteiger partial charge >= 0.3 is 0 Å². The Morgan fingerprint density at radius 2 is 1.96 bits per heavy atom. The Hall–Kier alpha value is -2.18. The van der Waals surface area contributed by atoms with Gasteiger partial charge in [0.1, 0.15) is 0 Å². The summed E-state index contributed by atoms with van der Waals surface area (Å²) >= 11 is 5.88. The Kier molecular flexibility index (Phi) is 4.92. The summed E-state index contributed by atoms with van der Waals surface area (Å²) in [6, 6.07) is 12.2. The largest absolute Gasteiger partial charge is 0.366 e. The van der Waals surface area contributed by atoms with E-state index >= 15 is 0 Å². The predicted octanol–water partition coefficient (Wildman–Crippen LogP) is 4.13. The Bertz CT molecular complexity index is 961. The maximum absolute atomic E-state index is 13.2. The molecule has 25 heavy (non-hydrogen) atoms. The van der Waals surface area contributed by atoms with Gasteiger partial charge in [-0.1, -0.05) is 23.7 Å². The first-order chi connectivity index (χ1) is 11.9. The molecule has 0 saturated heterocycles. The van der Waals surface area contributed by atoms with E-state index in [9.17, 15) is 9.00 Å². The van der Waals surface area contributed by atoms with Crippen molar-refractivity contribution in [3.05, 3.63) is 58.6 Å². The lowest BCUT2D eigenvalue weighted by Crippen LogP contribution is -2.14. The summed E-state index contributed by atoms with van der Waals surface area (Å²) in [5.74, 6) is -0.265. The number of carbonyl (C=O) groups is 1. The summed E-state index contributed by atoms with van der Waals surface area (Å²) in [5.41, 5.74) is 1.83. The minimum atomic E-state index is -2.81. The molecule has 2 aromatic carbocycles. The van der Waals surface area contributed by atoms with Crippen LogP contribution in [0.3, 0.4) is 0 Å². The van der Waals surface area contributed by atoms with Gasteiger partial charge in [-0.15, -0.1) is 0 Å². The first-order valence-corrected chi connectivity index (χ1v) is 9.89. The summed E-state index contributed by atoms with van der Waals surface area (Å²) in [5, 5.41) is 0.609. The average molecular weight is 376 g/mol. The lowest BCUT2D eigenvalue weighted by atomic mass is 10.2. The zero-order valence-corrected chi connectivity index (χ0v) is 15.5. The van der Waals surface area contributed by atoms with Crippen molar-refractivity contribution in [1.82, 2.24) is 4.90 Å². The minimum absolute atomic E-state index is 0.185. The van der Waals surface area contributed by atoms with Gasteiger partial charge in [0, 0.05) is 18.6 Å². The van der Waals surface area contributed by atoms with E-state index in [4.69, 9.17) is 11.6 Å². The molecule has 1 amide bonds. The fourth-order valence-corrected chi connectivity index (χ4v) is 4.66. The van der Waals surface area contributed by atoms with Gasteiger partial charge in [-0.3, -0.25) is 4.79 Å². The van der Waals surface area contributed by atoms with Crippen molar-refractivity contribution in [3.8, 4) is 0 Å². The smallest absolute Gasteiger partial charge is 0.286 e. The molecule has 1 aliphatic heterocycles. The molecule has 0 radical (unpaired) electrons. The van der Waals surface area contributed by atoms with E-state index < -0.39 is 15.6 Å². The molecule has 3 rings (SSSR count). The second kappa shape index (κ2) is 6.98. The van der Waals surface area contributed by atoms with Crippen molar-refractivity contribution >= 4 is 39.3 Å². The summed E-state index contributed by atoms with van der Waals surface area (Å²) < 4.78 is 17.2. The molecule has 130 valence electrons. The molecule has 0 saturated carbocycles. The zero-order valence-electron chi connectivity index (χ0n) is 14.0. The van der Waals surface area contributed by atoms with Crippen LogP contribution in [0.4, 0.5) is 5.69 Å². The number of fused-ring (bicyclic) bond motifs is 1. The van der Waals surface area contributed by atoms with Gasteiger partial charge in [0.15, 0.2) is 0 Å². The molecule has 0 aliphatic carbocycles. The van der Waals surface area contributed by atoms with Crippen LogP contribution in [-0.2, 0) is 15.5 Å². The standard InChI is InChI=1S/C18H18ClN3O2S/c1-3-22(2)12-20-15-8-9-17-16(10-15)18(23)21-25(17,24)11-13-4-6-14(19)7-5-13/h4-10,12H,3,11H2,1-2H3/b20-12-. The molecule has 0 spiro atoms. The molecular weight excluding hydrogens is 358 g/mol. The molecule has 7 heteroatoms. The van der Waals surface area contributed by atoms with Gasteiger partial charge in [-0.05, 0) is 42.8 Å². The number of rotatable bonds is 5. The monoisotopic (exact) mass is 375 g/mol. The molecule has 0 N–H and O–H groups in total. The van der Waals surface area contributed by atoms with Gasteiger partial charge in [0.05, 0.1) is 38.0 Å². The van der Waals surface area contributed by atoms with Crippen LogP contribution in [0.15, 0.2) is 56.7 Å². The van der Waals surface area contributed by atoms with Gasteiger partial charge in [-0.2, -0.15) is 4.36 Å². The van der Waals surface area contributed by atoms with Crippen LogP contribution in [0.1, 0.15) is 22.8 Å². The fraction of sp³-hybridized carbons (Fsp3) is 0.222. The number of hydrogen-bond acceptors (Lipinski definition) is 3. The van der Waals surface area contributed by atoms with Crippen LogP contribution in [0.5, 0.6) is 0 Å². The summed E-state index contributed by atoms with van der Waals surface area (Å²) in [6.07, 6.45) is 1.70. The van der Waals surface area contributed by atoms with Crippen LogP contribution in [0.2, 0.25) is 5.02 Å². The quantitative estimate of drug-likeness (QED) is 0.583. The maximum atomic E-state index is 13.2. The predicted molar refractivity (Wildman–Crippen MR) is 101 cm³/mol. The number of aliphatic imine (C=N–C) groups is 1. The van der Waals surface area contributed by atoms with E-state index in [2.05, 4.69) is 9.36 Å². The van der Waals surface area contributed by atoms with Gasteiger partial charge in [0.25, 0.3) is 5.91 Å². The highest BCUT2D eigenvalue weighted by molar-refractivity contribution is 7.93. The first kappa shape index (κ1) is 17.6. The normalized spacial score (nSPS) is 19.1. The summed E-state index contributed by atoms with van der Waals surface area (Å²) in [7, 11) is -0.898. The number of hydrogen-bond donors (Lipinski definition) is 0. The number of benzene rings is 2. The third-order valence-corrected chi connectivity index (χ3v) is 6.43. The zero-order chi connectivity index (χ0) is 18.0. The van der Waals surface area contributed by atoms with Crippen molar-refractivity contribution in [2.75, 3.05) is 13.6 Å². The number of amides is 1. The Morgan fingerprint density at radius 3 is 2.64 bits per heavy atom. The fourth-order valence-electron chi connectivity index (χ4n) is 2.44. The van der Waals surface area contributed by atoms with Gasteiger partial charge in [-0.25, -0.2) is 9.20 Å². The number of carbonyl (C=O) groups excluding carboxylic acids is 1. The molecule has 5 nitrogen and oxygen atoms in total. The van der Waals surface area contributed by atoms with Gasteiger partial charge in [0.2, 0.25) is 0 Å². The highest BCUT2D eigenvalue weighted by Gasteiger charge is 2.29. The Morgan fingerprint density at radius 1 is 1.24 bits per heavy atom. The third kappa shape index (κ3) is 3.75. The van der Waals surface area contributed by atoms with E-state index in [1.165, 1.54) is 0 Å². The average Bonchev–Trinajstić information content (AvgIpc) is 2.85. The molecule has 0 bridgehead atoms. The van der Waals surface area contributed by atoms with E-state index in [0.29, 0.717) is 21.2 Å². The van der Waals surface area contributed by atoms with Crippen LogP contribution in [0.25, 0.3) is 0 Å². The van der Waals surface area contributed by atoms with E-state index in [-0.39, 0.29) is 5.75 Å². The van der Waals surface area contributed by atoms with Crippen molar-refractivity contribution in [1.29, 1.82) is 0 Å².